The maximum absolute atomic E-state index is 11.7. The number of halogens is 3. The normalized spacial score (nSPS) is 21.6. The summed E-state index contributed by atoms with van der Waals surface area (Å²) < 4.78 is 25.2. The molecule has 1 aliphatic heterocycles. The number of fused-ring (bicyclic) bond motifs is 1. The van der Waals surface area contributed by atoms with E-state index in [0.29, 0.717) is 27.8 Å². The quantitative estimate of drug-likeness (QED) is 0.777. The van der Waals surface area contributed by atoms with Gasteiger partial charge in [-0.2, -0.15) is 0 Å². The molecule has 1 aliphatic rings. The number of sulfone groups is 1. The first kappa shape index (κ1) is 14.4. The zero-order valence-corrected chi connectivity index (χ0v) is 13.4. The Morgan fingerprint density at radius 1 is 1.30 bits per heavy atom. The van der Waals surface area contributed by atoms with E-state index in [9.17, 15) is 8.42 Å². The van der Waals surface area contributed by atoms with Crippen LogP contribution >= 0.6 is 34.8 Å². The molecule has 0 N–H and O–H groups in total. The molecular formula is C12H11Cl3N2O2S. The van der Waals surface area contributed by atoms with Gasteiger partial charge in [0.15, 0.2) is 9.84 Å². The molecule has 0 saturated carbocycles. The second-order valence-electron chi connectivity index (χ2n) is 4.84. The van der Waals surface area contributed by atoms with E-state index in [2.05, 4.69) is 4.98 Å². The van der Waals surface area contributed by atoms with Crippen molar-refractivity contribution in [2.75, 3.05) is 11.5 Å². The molecule has 2 aromatic rings. The van der Waals surface area contributed by atoms with Crippen molar-refractivity contribution in [2.24, 2.45) is 0 Å². The molecule has 2 heterocycles. The first-order valence-electron chi connectivity index (χ1n) is 6.03. The molecule has 20 heavy (non-hydrogen) atoms. The number of hydrogen-bond acceptors (Lipinski definition) is 3. The summed E-state index contributed by atoms with van der Waals surface area (Å²) >= 11 is 18.0. The summed E-state index contributed by atoms with van der Waals surface area (Å²) in [5.74, 6) is 1.16. The third-order valence-corrected chi connectivity index (χ3v) is 6.21. The van der Waals surface area contributed by atoms with Crippen LogP contribution in [0.2, 0.25) is 10.0 Å². The van der Waals surface area contributed by atoms with Crippen molar-refractivity contribution < 1.29 is 8.42 Å². The van der Waals surface area contributed by atoms with E-state index in [1.165, 1.54) is 0 Å². The van der Waals surface area contributed by atoms with E-state index in [1.54, 1.807) is 12.1 Å². The molecule has 0 aliphatic carbocycles. The lowest BCUT2D eigenvalue weighted by molar-refractivity contribution is 0.554. The monoisotopic (exact) mass is 352 g/mol. The lowest BCUT2D eigenvalue weighted by Gasteiger charge is -2.14. The highest BCUT2D eigenvalue weighted by atomic mass is 35.5. The third kappa shape index (κ3) is 2.41. The smallest absolute Gasteiger partial charge is 0.152 e. The number of alkyl halides is 1. The number of aromatic nitrogens is 2. The number of rotatable bonds is 2. The van der Waals surface area contributed by atoms with Crippen LogP contribution in [0.25, 0.3) is 11.0 Å². The van der Waals surface area contributed by atoms with Gasteiger partial charge in [0.25, 0.3) is 0 Å². The summed E-state index contributed by atoms with van der Waals surface area (Å²) in [6, 6.07) is 3.25. The molecule has 1 aromatic heterocycles. The minimum atomic E-state index is -2.98. The molecule has 3 rings (SSSR count). The highest BCUT2D eigenvalue weighted by molar-refractivity contribution is 7.91. The SMILES string of the molecule is O=S1(=O)CCC(n2c(CCl)nc3cc(Cl)c(Cl)cc32)C1. The van der Waals surface area contributed by atoms with Gasteiger partial charge in [-0.15, -0.1) is 11.6 Å². The predicted octanol–water partition coefficient (Wildman–Crippen LogP) is 3.44. The first-order valence-corrected chi connectivity index (χ1v) is 9.15. The highest BCUT2D eigenvalue weighted by Gasteiger charge is 2.31. The summed E-state index contributed by atoms with van der Waals surface area (Å²) in [7, 11) is -2.98. The zero-order chi connectivity index (χ0) is 14.5. The van der Waals surface area contributed by atoms with Crippen LogP contribution in [-0.2, 0) is 15.7 Å². The minimum Gasteiger partial charge on any atom is -0.323 e. The Labute approximate surface area is 131 Å². The van der Waals surface area contributed by atoms with Gasteiger partial charge in [0.2, 0.25) is 0 Å². The van der Waals surface area contributed by atoms with Crippen LogP contribution in [0.15, 0.2) is 12.1 Å². The topological polar surface area (TPSA) is 52.0 Å². The summed E-state index contributed by atoms with van der Waals surface area (Å²) in [5.41, 5.74) is 1.46. The van der Waals surface area contributed by atoms with Gasteiger partial charge in [0.1, 0.15) is 5.82 Å². The van der Waals surface area contributed by atoms with Crippen molar-refractivity contribution in [3.8, 4) is 0 Å². The average molecular weight is 354 g/mol. The summed E-state index contributed by atoms with van der Waals surface area (Å²) in [5, 5.41) is 0.839. The third-order valence-electron chi connectivity index (χ3n) is 3.50. The molecule has 1 fully saturated rings. The molecule has 1 unspecified atom stereocenters. The molecule has 1 saturated heterocycles. The lowest BCUT2D eigenvalue weighted by atomic mass is 10.2. The minimum absolute atomic E-state index is 0.114. The molecule has 0 spiro atoms. The molecule has 108 valence electrons. The second kappa shape index (κ2) is 5.05. The molecule has 0 bridgehead atoms. The van der Waals surface area contributed by atoms with Crippen LogP contribution in [0.1, 0.15) is 18.3 Å². The predicted molar refractivity (Wildman–Crippen MR) is 81.6 cm³/mol. The second-order valence-corrected chi connectivity index (χ2v) is 8.15. The van der Waals surface area contributed by atoms with Gasteiger partial charge in [-0.05, 0) is 18.6 Å². The van der Waals surface area contributed by atoms with E-state index in [-0.39, 0.29) is 23.4 Å². The fourth-order valence-electron chi connectivity index (χ4n) is 2.62. The van der Waals surface area contributed by atoms with Gasteiger partial charge < -0.3 is 4.57 Å². The molecule has 0 radical (unpaired) electrons. The number of hydrogen-bond donors (Lipinski definition) is 0. The zero-order valence-electron chi connectivity index (χ0n) is 10.3. The van der Waals surface area contributed by atoms with Crippen LogP contribution in [0.5, 0.6) is 0 Å². The Morgan fingerprint density at radius 2 is 2.00 bits per heavy atom. The van der Waals surface area contributed by atoms with E-state index < -0.39 is 9.84 Å². The Bertz CT molecular complexity index is 786. The van der Waals surface area contributed by atoms with Gasteiger partial charge in [0, 0.05) is 0 Å². The van der Waals surface area contributed by atoms with E-state index in [4.69, 9.17) is 34.8 Å². The van der Waals surface area contributed by atoms with Crippen molar-refractivity contribution in [2.45, 2.75) is 18.3 Å². The molecule has 8 heteroatoms. The van der Waals surface area contributed by atoms with E-state index in [0.717, 1.165) is 5.52 Å². The lowest BCUT2D eigenvalue weighted by Crippen LogP contribution is -2.13. The maximum atomic E-state index is 11.7. The van der Waals surface area contributed by atoms with Crippen LogP contribution in [0.4, 0.5) is 0 Å². The molecule has 0 amide bonds. The molecule has 4 nitrogen and oxygen atoms in total. The van der Waals surface area contributed by atoms with Crippen LogP contribution in [0.3, 0.4) is 0 Å². The fourth-order valence-corrected chi connectivity index (χ4v) is 4.83. The van der Waals surface area contributed by atoms with Gasteiger partial charge in [-0.25, -0.2) is 13.4 Å². The Morgan fingerprint density at radius 3 is 2.60 bits per heavy atom. The maximum Gasteiger partial charge on any atom is 0.152 e. The largest absolute Gasteiger partial charge is 0.323 e. The van der Waals surface area contributed by atoms with Gasteiger partial charge in [0.05, 0.1) is 44.5 Å². The highest BCUT2D eigenvalue weighted by Crippen LogP contribution is 2.33. The molecule has 1 aromatic carbocycles. The number of nitrogens with zero attached hydrogens (tertiary/aromatic N) is 2. The van der Waals surface area contributed by atoms with Crippen LogP contribution in [-0.4, -0.2) is 29.5 Å². The van der Waals surface area contributed by atoms with Crippen LogP contribution < -0.4 is 0 Å². The van der Waals surface area contributed by atoms with Crippen molar-refractivity contribution in [3.05, 3.63) is 28.0 Å². The van der Waals surface area contributed by atoms with Crippen molar-refractivity contribution in [1.82, 2.24) is 9.55 Å². The Balaban J connectivity index is 2.20. The van der Waals surface area contributed by atoms with Crippen LogP contribution in [0, 0.1) is 0 Å². The first-order chi connectivity index (χ1) is 9.41. The van der Waals surface area contributed by atoms with E-state index >= 15 is 0 Å². The van der Waals surface area contributed by atoms with Gasteiger partial charge in [-0.3, -0.25) is 0 Å². The molecular weight excluding hydrogens is 343 g/mol. The fraction of sp³-hybridized carbons (Fsp3) is 0.417. The van der Waals surface area contributed by atoms with Gasteiger partial charge in [-0.1, -0.05) is 23.2 Å². The number of benzene rings is 1. The van der Waals surface area contributed by atoms with Gasteiger partial charge >= 0.3 is 0 Å². The summed E-state index contributed by atoms with van der Waals surface area (Å²) in [4.78, 5) is 4.42. The summed E-state index contributed by atoms with van der Waals surface area (Å²) in [6.07, 6.45) is 0.567. The molecule has 1 atom stereocenters. The Hall–Kier alpha value is -0.490. The Kier molecular flexibility index (Phi) is 3.65. The summed E-state index contributed by atoms with van der Waals surface area (Å²) in [6.45, 7) is 0. The standard InChI is InChI=1S/C12H11Cl3N2O2S/c13-5-12-16-10-3-8(14)9(15)4-11(10)17(12)7-1-2-20(18,19)6-7/h3-4,7H,1-2,5-6H2. The van der Waals surface area contributed by atoms with E-state index in [1.807, 2.05) is 4.57 Å². The number of imidazole rings is 1. The van der Waals surface area contributed by atoms with Crippen molar-refractivity contribution >= 4 is 55.7 Å². The van der Waals surface area contributed by atoms with Crippen molar-refractivity contribution in [1.29, 1.82) is 0 Å². The average Bonchev–Trinajstić information content (AvgIpc) is 2.90. The van der Waals surface area contributed by atoms with Crippen molar-refractivity contribution in [3.63, 3.8) is 0 Å².